The molecule has 1 heterocycles. The Morgan fingerprint density at radius 3 is 1.58 bits per heavy atom. The largest absolute Gasteiger partial charge is 0.310 e. The molecule has 10 rings (SSSR count). The molecule has 0 saturated heterocycles. The van der Waals surface area contributed by atoms with Crippen molar-refractivity contribution in [2.45, 2.75) is 19.3 Å². The maximum atomic E-state index is 2.46. The Kier molecular flexibility index (Phi) is 7.42. The molecule has 0 fully saturated rings. The molecule has 0 amide bonds. The fourth-order valence-corrected chi connectivity index (χ4v) is 9.61. The average Bonchev–Trinajstić information content (AvgIpc) is 3.71. The van der Waals surface area contributed by atoms with Gasteiger partial charge in [-0.15, -0.1) is 11.3 Å². The molecule has 0 N–H and O–H groups in total. The topological polar surface area (TPSA) is 3.24 Å². The van der Waals surface area contributed by atoms with Gasteiger partial charge in [0.25, 0.3) is 0 Å². The summed E-state index contributed by atoms with van der Waals surface area (Å²) in [7, 11) is 0. The molecular weight excluding hydrogens is 659 g/mol. The van der Waals surface area contributed by atoms with Gasteiger partial charge in [0.15, 0.2) is 0 Å². The number of thiophene rings is 1. The van der Waals surface area contributed by atoms with E-state index in [4.69, 9.17) is 0 Å². The van der Waals surface area contributed by atoms with Crippen LogP contribution in [-0.2, 0) is 5.41 Å². The van der Waals surface area contributed by atoms with Gasteiger partial charge in [-0.1, -0.05) is 153 Å². The maximum Gasteiger partial charge on any atom is 0.0473 e. The number of rotatable bonds is 6. The highest BCUT2D eigenvalue weighted by Crippen LogP contribution is 2.55. The van der Waals surface area contributed by atoms with Crippen molar-refractivity contribution in [3.8, 4) is 44.5 Å². The molecule has 0 unspecified atom stereocenters. The Bertz CT molecular complexity index is 2720. The normalized spacial score (nSPS) is 12.9. The van der Waals surface area contributed by atoms with Gasteiger partial charge in [0.1, 0.15) is 0 Å². The van der Waals surface area contributed by atoms with E-state index in [9.17, 15) is 0 Å². The quantitative estimate of drug-likeness (QED) is 0.167. The first-order valence-corrected chi connectivity index (χ1v) is 19.2. The van der Waals surface area contributed by atoms with Gasteiger partial charge in [-0.2, -0.15) is 0 Å². The summed E-state index contributed by atoms with van der Waals surface area (Å²) in [5, 5.41) is 2.69. The SMILES string of the molecule is CC1(C)c2cc(N(c3ccc(-c4ccccc4)cc3)c3cc(-c4ccccc4)cc(-c4ccccc4)c3)ccc2-c2c1ccc1c2sc2ccccc21. The van der Waals surface area contributed by atoms with Crippen molar-refractivity contribution in [1.29, 1.82) is 0 Å². The molecule has 8 aromatic carbocycles. The van der Waals surface area contributed by atoms with E-state index >= 15 is 0 Å². The molecule has 1 aliphatic carbocycles. The number of hydrogen-bond acceptors (Lipinski definition) is 2. The van der Waals surface area contributed by atoms with Gasteiger partial charge in [0.2, 0.25) is 0 Å². The summed E-state index contributed by atoms with van der Waals surface area (Å²) in [6.45, 7) is 4.78. The minimum absolute atomic E-state index is 0.158. The van der Waals surface area contributed by atoms with Crippen molar-refractivity contribution < 1.29 is 0 Å². The van der Waals surface area contributed by atoms with Gasteiger partial charge in [-0.3, -0.25) is 0 Å². The number of hydrogen-bond donors (Lipinski definition) is 0. The van der Waals surface area contributed by atoms with Crippen molar-refractivity contribution >= 4 is 48.6 Å². The standard InChI is InChI=1S/C51H37NS/c1-51(2)46-29-28-44-43-20-12-13-21-48(43)53-50(44)49(46)45-27-26-41(33-47(45)51)52(40-24-22-37(23-25-40)34-14-6-3-7-15-34)42-31-38(35-16-8-4-9-17-35)30-39(32-42)36-18-10-5-11-19-36/h3-33H,1-2H3. The predicted octanol–water partition coefficient (Wildman–Crippen LogP) is 14.8. The monoisotopic (exact) mass is 695 g/mol. The average molecular weight is 696 g/mol. The van der Waals surface area contributed by atoms with Crippen molar-refractivity contribution in [3.63, 3.8) is 0 Å². The predicted molar refractivity (Wildman–Crippen MR) is 228 cm³/mol. The summed E-state index contributed by atoms with van der Waals surface area (Å²) >= 11 is 1.92. The molecule has 53 heavy (non-hydrogen) atoms. The highest BCUT2D eigenvalue weighted by molar-refractivity contribution is 7.26. The van der Waals surface area contributed by atoms with Gasteiger partial charge in [0, 0.05) is 48.2 Å². The van der Waals surface area contributed by atoms with Crippen molar-refractivity contribution in [1.82, 2.24) is 0 Å². The van der Waals surface area contributed by atoms with Crippen LogP contribution in [0.1, 0.15) is 25.0 Å². The van der Waals surface area contributed by atoms with Crippen molar-refractivity contribution in [3.05, 3.63) is 199 Å². The summed E-state index contributed by atoms with van der Waals surface area (Å²) < 4.78 is 2.73. The van der Waals surface area contributed by atoms with E-state index in [0.717, 1.165) is 17.1 Å². The first-order valence-electron chi connectivity index (χ1n) is 18.3. The lowest BCUT2D eigenvalue weighted by Gasteiger charge is -2.29. The zero-order valence-electron chi connectivity index (χ0n) is 29.8. The summed E-state index contributed by atoms with van der Waals surface area (Å²) in [5.41, 5.74) is 15.9. The zero-order chi connectivity index (χ0) is 35.5. The van der Waals surface area contributed by atoms with E-state index in [1.54, 1.807) is 0 Å². The van der Waals surface area contributed by atoms with Crippen LogP contribution >= 0.6 is 11.3 Å². The van der Waals surface area contributed by atoms with E-state index < -0.39 is 0 Å². The number of fused-ring (bicyclic) bond motifs is 7. The molecule has 0 aliphatic heterocycles. The Labute approximate surface area is 315 Å². The second kappa shape index (κ2) is 12.5. The van der Waals surface area contributed by atoms with E-state index in [1.165, 1.54) is 75.8 Å². The van der Waals surface area contributed by atoms with Gasteiger partial charge in [0.05, 0.1) is 0 Å². The third-order valence-electron chi connectivity index (χ3n) is 11.0. The smallest absolute Gasteiger partial charge is 0.0473 e. The van der Waals surface area contributed by atoms with Crippen LogP contribution in [0, 0.1) is 0 Å². The molecule has 0 bridgehead atoms. The van der Waals surface area contributed by atoms with Crippen LogP contribution in [0.4, 0.5) is 17.1 Å². The minimum atomic E-state index is -0.158. The van der Waals surface area contributed by atoms with Gasteiger partial charge < -0.3 is 4.90 Å². The van der Waals surface area contributed by atoms with Crippen LogP contribution in [-0.4, -0.2) is 0 Å². The third kappa shape index (κ3) is 5.29. The van der Waals surface area contributed by atoms with Crippen LogP contribution in [0.5, 0.6) is 0 Å². The lowest BCUT2D eigenvalue weighted by Crippen LogP contribution is -2.16. The molecule has 252 valence electrons. The minimum Gasteiger partial charge on any atom is -0.310 e. The molecular formula is C51H37NS. The van der Waals surface area contributed by atoms with E-state index in [-0.39, 0.29) is 5.41 Å². The maximum absolute atomic E-state index is 2.46. The molecule has 1 aliphatic rings. The lowest BCUT2D eigenvalue weighted by atomic mass is 9.82. The highest BCUT2D eigenvalue weighted by Gasteiger charge is 2.37. The van der Waals surface area contributed by atoms with Gasteiger partial charge in [-0.05, 0) is 98.6 Å². The Hall–Kier alpha value is -6.22. The van der Waals surface area contributed by atoms with Crippen LogP contribution in [0.3, 0.4) is 0 Å². The molecule has 9 aromatic rings. The molecule has 0 radical (unpaired) electrons. The van der Waals surface area contributed by atoms with Gasteiger partial charge >= 0.3 is 0 Å². The van der Waals surface area contributed by atoms with Crippen LogP contribution in [0.2, 0.25) is 0 Å². The lowest BCUT2D eigenvalue weighted by molar-refractivity contribution is 0.661. The first-order chi connectivity index (χ1) is 26.0. The fraction of sp³-hybridized carbons (Fsp3) is 0.0588. The third-order valence-corrected chi connectivity index (χ3v) is 12.3. The summed E-state index contributed by atoms with van der Waals surface area (Å²) in [6.07, 6.45) is 0. The summed E-state index contributed by atoms with van der Waals surface area (Å²) in [5.74, 6) is 0. The number of benzene rings is 8. The van der Waals surface area contributed by atoms with Crippen LogP contribution in [0.15, 0.2) is 188 Å². The molecule has 0 saturated carbocycles. The van der Waals surface area contributed by atoms with E-state index in [1.807, 2.05) is 11.3 Å². The number of anilines is 3. The number of nitrogens with zero attached hydrogens (tertiary/aromatic N) is 1. The molecule has 0 atom stereocenters. The van der Waals surface area contributed by atoms with Crippen molar-refractivity contribution in [2.24, 2.45) is 0 Å². The Balaban J connectivity index is 1.19. The van der Waals surface area contributed by atoms with Crippen LogP contribution in [0.25, 0.3) is 64.7 Å². The summed E-state index contributed by atoms with van der Waals surface area (Å²) in [6, 6.07) is 68.9. The van der Waals surface area contributed by atoms with E-state index in [0.29, 0.717) is 0 Å². The van der Waals surface area contributed by atoms with E-state index in [2.05, 4.69) is 207 Å². The molecule has 1 aromatic heterocycles. The van der Waals surface area contributed by atoms with Gasteiger partial charge in [-0.25, -0.2) is 0 Å². The Morgan fingerprint density at radius 2 is 0.943 bits per heavy atom. The van der Waals surface area contributed by atoms with Crippen LogP contribution < -0.4 is 4.90 Å². The second-order valence-electron chi connectivity index (χ2n) is 14.6. The zero-order valence-corrected chi connectivity index (χ0v) is 30.6. The Morgan fingerprint density at radius 1 is 0.396 bits per heavy atom. The fourth-order valence-electron chi connectivity index (χ4n) is 8.34. The molecule has 0 spiro atoms. The van der Waals surface area contributed by atoms with Crippen molar-refractivity contribution in [2.75, 3.05) is 4.90 Å². The molecule has 2 heteroatoms. The molecule has 1 nitrogen and oxygen atoms in total. The highest BCUT2D eigenvalue weighted by atomic mass is 32.1. The second-order valence-corrected chi connectivity index (χ2v) is 15.6. The first kappa shape index (κ1) is 31.5. The summed E-state index contributed by atoms with van der Waals surface area (Å²) in [4.78, 5) is 2.45.